The van der Waals surface area contributed by atoms with E-state index in [1.54, 1.807) is 18.2 Å². The van der Waals surface area contributed by atoms with Crippen molar-refractivity contribution in [2.24, 2.45) is 0 Å². The Labute approximate surface area is 177 Å². The van der Waals surface area contributed by atoms with E-state index in [1.807, 2.05) is 25.1 Å². The molecule has 1 aliphatic rings. The zero-order valence-electron chi connectivity index (χ0n) is 18.0. The van der Waals surface area contributed by atoms with Crippen LogP contribution in [-0.4, -0.2) is 9.78 Å². The molecular formula is C26H30FN3. The zero-order chi connectivity index (χ0) is 21.7. The Morgan fingerprint density at radius 1 is 1.30 bits per heavy atom. The van der Waals surface area contributed by atoms with Crippen LogP contribution in [0, 0.1) is 17.1 Å². The van der Waals surface area contributed by atoms with E-state index in [0.717, 1.165) is 59.1 Å². The smallest absolute Gasteiger partial charge is 0.128 e. The first-order valence-electron chi connectivity index (χ1n) is 10.7. The molecule has 30 heavy (non-hydrogen) atoms. The van der Waals surface area contributed by atoms with Crippen LogP contribution in [0.25, 0.3) is 30.1 Å². The third-order valence-electron chi connectivity index (χ3n) is 5.71. The van der Waals surface area contributed by atoms with Crippen molar-refractivity contribution in [1.82, 2.24) is 9.78 Å². The van der Waals surface area contributed by atoms with E-state index in [-0.39, 0.29) is 11.9 Å². The molecule has 1 aromatic heterocycles. The van der Waals surface area contributed by atoms with Crippen LogP contribution in [0.3, 0.4) is 0 Å². The van der Waals surface area contributed by atoms with Crippen molar-refractivity contribution >= 4 is 30.1 Å². The number of aromatic nitrogens is 2. The Balaban J connectivity index is 2.44. The minimum atomic E-state index is -0.188. The number of hydrogen-bond acceptors (Lipinski definition) is 1. The van der Waals surface area contributed by atoms with E-state index >= 15 is 0 Å². The van der Waals surface area contributed by atoms with Gasteiger partial charge < -0.3 is 0 Å². The lowest BCUT2D eigenvalue weighted by molar-refractivity contribution is 0.474. The molecular weight excluding hydrogens is 373 g/mol. The van der Waals surface area contributed by atoms with E-state index in [4.69, 9.17) is 0 Å². The summed E-state index contributed by atoms with van der Waals surface area (Å²) >= 11 is 0. The van der Waals surface area contributed by atoms with Crippen LogP contribution in [-0.2, 0) is 6.42 Å². The molecule has 0 unspecified atom stereocenters. The fourth-order valence-electron chi connectivity index (χ4n) is 4.18. The van der Waals surface area contributed by atoms with Gasteiger partial charge in [-0.2, -0.15) is 5.26 Å². The fourth-order valence-corrected chi connectivity index (χ4v) is 4.18. The number of benzene rings is 1. The van der Waals surface area contributed by atoms with Gasteiger partial charge in [-0.25, -0.2) is 4.39 Å². The molecule has 0 bridgehead atoms. The van der Waals surface area contributed by atoms with Gasteiger partial charge in [-0.05, 0) is 72.5 Å². The lowest BCUT2D eigenvalue weighted by Crippen LogP contribution is -2.24. The van der Waals surface area contributed by atoms with Crippen LogP contribution in [0.1, 0.15) is 63.3 Å². The number of hydrogen-bond donors (Lipinski definition) is 1. The molecule has 3 nitrogen and oxygen atoms in total. The van der Waals surface area contributed by atoms with E-state index < -0.39 is 0 Å². The maximum absolute atomic E-state index is 15.0. The van der Waals surface area contributed by atoms with Gasteiger partial charge in [0, 0.05) is 5.39 Å². The van der Waals surface area contributed by atoms with Crippen molar-refractivity contribution < 1.29 is 4.39 Å². The molecule has 0 amide bonds. The van der Waals surface area contributed by atoms with Crippen LogP contribution < -0.4 is 10.4 Å². The van der Waals surface area contributed by atoms with E-state index in [0.29, 0.717) is 17.6 Å². The first kappa shape index (κ1) is 21.6. The highest BCUT2D eigenvalue weighted by Gasteiger charge is 2.19. The van der Waals surface area contributed by atoms with Crippen LogP contribution in [0.2, 0.25) is 0 Å². The maximum Gasteiger partial charge on any atom is 0.128 e. The van der Waals surface area contributed by atoms with Crippen molar-refractivity contribution in [1.29, 1.82) is 5.26 Å². The summed E-state index contributed by atoms with van der Waals surface area (Å²) in [6.07, 6.45) is 11.3. The summed E-state index contributed by atoms with van der Waals surface area (Å²) in [4.78, 5) is 0. The Kier molecular flexibility index (Phi) is 6.95. The quantitative estimate of drug-likeness (QED) is 0.512. The van der Waals surface area contributed by atoms with Crippen molar-refractivity contribution in [3.05, 3.63) is 63.4 Å². The number of fused-ring (bicyclic) bond motifs is 1. The lowest BCUT2D eigenvalue weighted by atomic mass is 10.0. The average Bonchev–Trinajstić information content (AvgIpc) is 3.26. The van der Waals surface area contributed by atoms with Gasteiger partial charge >= 0.3 is 0 Å². The molecule has 0 spiro atoms. The summed E-state index contributed by atoms with van der Waals surface area (Å²) in [5, 5.41) is 15.4. The lowest BCUT2D eigenvalue weighted by Gasteiger charge is -2.19. The van der Waals surface area contributed by atoms with Gasteiger partial charge in [-0.15, -0.1) is 0 Å². The van der Waals surface area contributed by atoms with Gasteiger partial charge in [0.15, 0.2) is 0 Å². The van der Waals surface area contributed by atoms with E-state index in [9.17, 15) is 9.65 Å². The third kappa shape index (κ3) is 4.57. The van der Waals surface area contributed by atoms with Crippen molar-refractivity contribution in [2.75, 3.05) is 0 Å². The van der Waals surface area contributed by atoms with Gasteiger partial charge in [-0.1, -0.05) is 45.4 Å². The second-order valence-electron chi connectivity index (χ2n) is 7.95. The number of aryl methyl sites for hydroxylation is 1. The zero-order valence-corrected chi connectivity index (χ0v) is 18.0. The summed E-state index contributed by atoms with van der Waals surface area (Å²) in [6.45, 7) is 12.4. The first-order valence-corrected chi connectivity index (χ1v) is 10.7. The SMILES string of the molecule is C=c1cc(/C=C(C#N)\C=C/C)[nH]n(C2CCCC2)c2cc(F)c(CCC)cc2c1=C. The normalized spacial score (nSPS) is 15.1. The number of nitriles is 1. The number of allylic oxidation sites excluding steroid dienone is 3. The molecule has 156 valence electrons. The van der Waals surface area contributed by atoms with Gasteiger partial charge in [0.05, 0.1) is 28.9 Å². The molecule has 1 N–H and O–H groups in total. The number of aromatic amines is 1. The molecule has 1 heterocycles. The van der Waals surface area contributed by atoms with Crippen LogP contribution in [0.15, 0.2) is 35.9 Å². The van der Waals surface area contributed by atoms with Gasteiger partial charge in [0.2, 0.25) is 0 Å². The molecule has 1 aliphatic carbocycles. The number of nitrogens with zero attached hydrogens (tertiary/aromatic N) is 2. The van der Waals surface area contributed by atoms with Crippen LogP contribution in [0.5, 0.6) is 0 Å². The number of H-pyrrole nitrogens is 1. The highest BCUT2D eigenvalue weighted by atomic mass is 19.1. The molecule has 1 saturated carbocycles. The Morgan fingerprint density at radius 3 is 2.67 bits per heavy atom. The number of nitrogens with one attached hydrogen (secondary N) is 1. The second-order valence-corrected chi connectivity index (χ2v) is 7.95. The highest BCUT2D eigenvalue weighted by Crippen LogP contribution is 2.31. The van der Waals surface area contributed by atoms with Crippen molar-refractivity contribution in [2.45, 2.75) is 58.4 Å². The molecule has 1 aromatic carbocycles. The average molecular weight is 404 g/mol. The Bertz CT molecular complexity index is 1180. The predicted octanol–water partition coefficient (Wildman–Crippen LogP) is 5.60. The minimum absolute atomic E-state index is 0.188. The highest BCUT2D eigenvalue weighted by molar-refractivity contribution is 5.80. The number of halogens is 1. The molecule has 0 atom stereocenters. The summed E-state index contributed by atoms with van der Waals surface area (Å²) in [5.74, 6) is -0.188. The topological polar surface area (TPSA) is 44.5 Å². The monoisotopic (exact) mass is 403 g/mol. The summed E-state index contributed by atoms with van der Waals surface area (Å²) in [7, 11) is 0. The predicted molar refractivity (Wildman–Crippen MR) is 124 cm³/mol. The third-order valence-corrected chi connectivity index (χ3v) is 5.71. The Morgan fingerprint density at radius 2 is 2.03 bits per heavy atom. The van der Waals surface area contributed by atoms with Crippen LogP contribution in [0.4, 0.5) is 4.39 Å². The van der Waals surface area contributed by atoms with Crippen molar-refractivity contribution in [3.63, 3.8) is 0 Å². The molecule has 1 fully saturated rings. The summed E-state index contributed by atoms with van der Waals surface area (Å²) in [5.41, 5.74) is 2.77. The molecule has 2 aromatic rings. The molecule has 3 rings (SSSR count). The van der Waals surface area contributed by atoms with Gasteiger partial charge in [0.25, 0.3) is 0 Å². The van der Waals surface area contributed by atoms with Gasteiger partial charge in [-0.3, -0.25) is 9.78 Å². The minimum Gasteiger partial charge on any atom is -0.298 e. The molecule has 0 aliphatic heterocycles. The van der Waals surface area contributed by atoms with E-state index in [1.165, 1.54) is 0 Å². The first-order chi connectivity index (χ1) is 14.5. The van der Waals surface area contributed by atoms with E-state index in [2.05, 4.69) is 35.9 Å². The maximum atomic E-state index is 15.0. The molecule has 4 heteroatoms. The molecule has 0 radical (unpaired) electrons. The Hall–Kier alpha value is -3.06. The summed E-state index contributed by atoms with van der Waals surface area (Å²) < 4.78 is 17.0. The molecule has 0 saturated heterocycles. The largest absolute Gasteiger partial charge is 0.298 e. The van der Waals surface area contributed by atoms with Gasteiger partial charge in [0.1, 0.15) is 5.82 Å². The summed E-state index contributed by atoms with van der Waals surface area (Å²) in [6, 6.07) is 7.94. The standard InChI is InChI=1S/C26H30FN3/c1-5-9-20(17-28)14-22-13-18(3)19(4)24-15-21(10-6-2)25(27)16-26(24)30(29-22)23-11-7-8-12-23/h5,9,13-16,23,29H,3-4,6-8,10-12H2,1-2H3/b9-5-,20-14+,22-13?. The van der Waals surface area contributed by atoms with Crippen molar-refractivity contribution in [3.8, 4) is 6.07 Å². The van der Waals surface area contributed by atoms with Crippen LogP contribution >= 0.6 is 0 Å². The fraction of sp³-hybridized carbons (Fsp3) is 0.346. The number of rotatable bonds is 5. The second kappa shape index (κ2) is 9.63.